The molecule has 0 amide bonds. The van der Waals surface area contributed by atoms with Gasteiger partial charge in [-0.1, -0.05) is 25.0 Å². The van der Waals surface area contributed by atoms with Crippen LogP contribution in [0.3, 0.4) is 0 Å². The fourth-order valence-electron chi connectivity index (χ4n) is 2.84. The first kappa shape index (κ1) is 16.3. The molecule has 5 nitrogen and oxygen atoms in total. The largest absolute Gasteiger partial charge is 0.394 e. The average Bonchev–Trinajstić information content (AvgIpc) is 2.87. The van der Waals surface area contributed by atoms with E-state index in [0.29, 0.717) is 5.69 Å². The van der Waals surface area contributed by atoms with Gasteiger partial charge in [0.2, 0.25) is 10.0 Å². The minimum Gasteiger partial charge on any atom is -0.394 e. The molecule has 1 aliphatic rings. The molecule has 3 N–H and O–H groups in total. The molecule has 0 radical (unpaired) electrons. The number of benzene rings is 1. The fourth-order valence-corrected chi connectivity index (χ4v) is 4.25. The summed E-state index contributed by atoms with van der Waals surface area (Å²) >= 11 is 0. The van der Waals surface area contributed by atoms with Crippen LogP contribution in [0.1, 0.15) is 39.5 Å². The summed E-state index contributed by atoms with van der Waals surface area (Å²) in [6.45, 7) is 3.60. The first-order chi connectivity index (χ1) is 9.88. The van der Waals surface area contributed by atoms with E-state index in [1.165, 1.54) is 0 Å². The Hall–Kier alpha value is -1.11. The van der Waals surface area contributed by atoms with Crippen molar-refractivity contribution in [2.75, 3.05) is 11.9 Å². The number of hydrogen-bond acceptors (Lipinski definition) is 4. The third kappa shape index (κ3) is 3.75. The molecule has 1 aromatic rings. The van der Waals surface area contributed by atoms with Crippen molar-refractivity contribution in [2.24, 2.45) is 0 Å². The third-order valence-corrected chi connectivity index (χ3v) is 5.55. The third-order valence-electron chi connectivity index (χ3n) is 3.83. The Morgan fingerprint density at radius 3 is 2.43 bits per heavy atom. The van der Waals surface area contributed by atoms with Crippen molar-refractivity contribution in [3.8, 4) is 0 Å². The lowest BCUT2D eigenvalue weighted by molar-refractivity contribution is 0.214. The van der Waals surface area contributed by atoms with Gasteiger partial charge in [-0.05, 0) is 38.8 Å². The molecular formula is C15H24N2O3S. The summed E-state index contributed by atoms with van der Waals surface area (Å²) in [6, 6.07) is 6.69. The monoisotopic (exact) mass is 312 g/mol. The van der Waals surface area contributed by atoms with Crippen molar-refractivity contribution in [1.29, 1.82) is 0 Å². The highest BCUT2D eigenvalue weighted by Gasteiger charge is 2.34. The van der Waals surface area contributed by atoms with Gasteiger partial charge in [-0.3, -0.25) is 0 Å². The zero-order valence-corrected chi connectivity index (χ0v) is 13.4. The highest BCUT2D eigenvalue weighted by molar-refractivity contribution is 7.89. The first-order valence-corrected chi connectivity index (χ1v) is 8.87. The minimum atomic E-state index is -3.56. The van der Waals surface area contributed by atoms with Gasteiger partial charge in [0.25, 0.3) is 0 Å². The van der Waals surface area contributed by atoms with Gasteiger partial charge in [0.15, 0.2) is 0 Å². The van der Waals surface area contributed by atoms with Gasteiger partial charge in [0, 0.05) is 6.04 Å². The molecule has 1 aromatic carbocycles. The summed E-state index contributed by atoms with van der Waals surface area (Å²) in [5.74, 6) is 0. The van der Waals surface area contributed by atoms with Crippen molar-refractivity contribution >= 4 is 15.7 Å². The molecule has 0 aliphatic heterocycles. The van der Waals surface area contributed by atoms with E-state index in [9.17, 15) is 13.5 Å². The van der Waals surface area contributed by atoms with Crippen LogP contribution >= 0.6 is 0 Å². The quantitative estimate of drug-likeness (QED) is 0.751. The molecular weight excluding hydrogens is 288 g/mol. The Morgan fingerprint density at radius 1 is 1.24 bits per heavy atom. The van der Waals surface area contributed by atoms with Crippen molar-refractivity contribution in [2.45, 2.75) is 56.0 Å². The first-order valence-electron chi connectivity index (χ1n) is 7.39. The average molecular weight is 312 g/mol. The Labute approximate surface area is 126 Å². The van der Waals surface area contributed by atoms with Crippen LogP contribution in [-0.4, -0.2) is 31.7 Å². The number of aliphatic hydroxyl groups excluding tert-OH is 1. The minimum absolute atomic E-state index is 0.0129. The molecule has 1 fully saturated rings. The maximum atomic E-state index is 12.4. The second kappa shape index (κ2) is 6.34. The van der Waals surface area contributed by atoms with Crippen LogP contribution in [0.2, 0.25) is 0 Å². The molecule has 21 heavy (non-hydrogen) atoms. The van der Waals surface area contributed by atoms with Gasteiger partial charge in [-0.15, -0.1) is 0 Å². The maximum absolute atomic E-state index is 12.4. The van der Waals surface area contributed by atoms with E-state index in [0.717, 1.165) is 25.7 Å². The van der Waals surface area contributed by atoms with Crippen LogP contribution in [-0.2, 0) is 10.0 Å². The van der Waals surface area contributed by atoms with E-state index in [4.69, 9.17) is 0 Å². The normalized spacial score (nSPS) is 18.1. The number of sulfonamides is 1. The second-order valence-corrected chi connectivity index (χ2v) is 7.73. The lowest BCUT2D eigenvalue weighted by Gasteiger charge is -2.30. The van der Waals surface area contributed by atoms with Gasteiger partial charge in [-0.25, -0.2) is 13.1 Å². The van der Waals surface area contributed by atoms with Crippen LogP contribution in [0.4, 0.5) is 5.69 Å². The second-order valence-electron chi connectivity index (χ2n) is 6.04. The van der Waals surface area contributed by atoms with Gasteiger partial charge < -0.3 is 10.4 Å². The highest BCUT2D eigenvalue weighted by Crippen LogP contribution is 2.34. The summed E-state index contributed by atoms with van der Waals surface area (Å²) in [5.41, 5.74) is 0.158. The number of rotatable bonds is 6. The van der Waals surface area contributed by atoms with E-state index in [1.54, 1.807) is 38.1 Å². The van der Waals surface area contributed by atoms with E-state index < -0.39 is 15.6 Å². The predicted octanol–water partition coefficient (Wildman–Crippen LogP) is 2.09. The van der Waals surface area contributed by atoms with E-state index in [-0.39, 0.29) is 17.5 Å². The molecule has 0 spiro atoms. The molecule has 0 saturated heterocycles. The van der Waals surface area contributed by atoms with Crippen molar-refractivity contribution in [1.82, 2.24) is 4.72 Å². The molecule has 6 heteroatoms. The molecule has 0 atom stereocenters. The Bertz CT molecular complexity index is 578. The van der Waals surface area contributed by atoms with E-state index in [2.05, 4.69) is 10.0 Å². The molecule has 1 aliphatic carbocycles. The Balaban J connectivity index is 2.33. The summed E-state index contributed by atoms with van der Waals surface area (Å²) in [4.78, 5) is 0.235. The molecule has 2 rings (SSSR count). The van der Waals surface area contributed by atoms with E-state index >= 15 is 0 Å². The van der Waals surface area contributed by atoms with Crippen molar-refractivity contribution < 1.29 is 13.5 Å². The Morgan fingerprint density at radius 2 is 1.86 bits per heavy atom. The number of aliphatic hydroxyl groups is 1. The topological polar surface area (TPSA) is 78.4 Å². The van der Waals surface area contributed by atoms with Crippen LogP contribution in [0.25, 0.3) is 0 Å². The van der Waals surface area contributed by atoms with Crippen LogP contribution < -0.4 is 10.0 Å². The van der Waals surface area contributed by atoms with Crippen LogP contribution in [0.15, 0.2) is 29.2 Å². The lowest BCUT2D eigenvalue weighted by atomic mass is 9.98. The highest BCUT2D eigenvalue weighted by atomic mass is 32.2. The SMILES string of the molecule is CC(C)NS(=O)(=O)c1ccccc1NC1(CO)CCCC1. The van der Waals surface area contributed by atoms with Gasteiger partial charge in [0.1, 0.15) is 4.90 Å². The zero-order valence-electron chi connectivity index (χ0n) is 12.6. The standard InChI is InChI=1S/C15H24N2O3S/c1-12(2)17-21(19,20)14-8-4-3-7-13(14)16-15(11-18)9-5-6-10-15/h3-4,7-8,12,16-18H,5-6,9-11H2,1-2H3. The summed E-state index contributed by atoms with van der Waals surface area (Å²) in [6.07, 6.45) is 3.81. The number of anilines is 1. The van der Waals surface area contributed by atoms with Crippen LogP contribution in [0.5, 0.6) is 0 Å². The van der Waals surface area contributed by atoms with Crippen molar-refractivity contribution in [3.63, 3.8) is 0 Å². The summed E-state index contributed by atoms with van der Waals surface area (Å²) in [7, 11) is -3.56. The fraction of sp³-hybridized carbons (Fsp3) is 0.600. The summed E-state index contributed by atoms with van der Waals surface area (Å²) in [5, 5.41) is 13.0. The molecule has 0 bridgehead atoms. The number of nitrogens with one attached hydrogen (secondary N) is 2. The van der Waals surface area contributed by atoms with Crippen LogP contribution in [0, 0.1) is 0 Å². The Kier molecular flexibility index (Phi) is 4.91. The molecule has 0 heterocycles. The van der Waals surface area contributed by atoms with Gasteiger partial charge in [-0.2, -0.15) is 0 Å². The number of para-hydroxylation sites is 1. The van der Waals surface area contributed by atoms with Gasteiger partial charge >= 0.3 is 0 Å². The molecule has 118 valence electrons. The van der Waals surface area contributed by atoms with Gasteiger partial charge in [0.05, 0.1) is 17.8 Å². The molecule has 0 aromatic heterocycles. The smallest absolute Gasteiger partial charge is 0.242 e. The predicted molar refractivity (Wildman–Crippen MR) is 83.8 cm³/mol. The molecule has 1 saturated carbocycles. The number of hydrogen-bond donors (Lipinski definition) is 3. The van der Waals surface area contributed by atoms with Crippen molar-refractivity contribution in [3.05, 3.63) is 24.3 Å². The zero-order chi connectivity index (χ0) is 15.5. The summed E-state index contributed by atoms with van der Waals surface area (Å²) < 4.78 is 27.4. The molecule has 0 unspecified atom stereocenters. The van der Waals surface area contributed by atoms with E-state index in [1.807, 2.05) is 0 Å². The maximum Gasteiger partial charge on any atom is 0.242 e. The lowest BCUT2D eigenvalue weighted by Crippen LogP contribution is -2.40.